The molecule has 0 bridgehead atoms. The molecule has 1 aliphatic rings. The zero-order chi connectivity index (χ0) is 11.7. The fraction of sp³-hybridized carbons (Fsp3) is 0.300. The largest absolute Gasteiger partial charge is 0.494 e. The predicted octanol–water partition coefficient (Wildman–Crippen LogP) is 0.747. The second kappa shape index (κ2) is 3.80. The van der Waals surface area contributed by atoms with Crippen LogP contribution in [0.15, 0.2) is 6.07 Å². The van der Waals surface area contributed by atoms with Crippen molar-refractivity contribution in [3.8, 4) is 17.2 Å². The van der Waals surface area contributed by atoms with Crippen LogP contribution in [0.4, 0.5) is 5.69 Å². The van der Waals surface area contributed by atoms with E-state index in [-0.39, 0.29) is 22.7 Å². The minimum absolute atomic E-state index is 0.0942. The SMILES string of the molecule is COc1c(N)cc2c(c1C(=O)O)OCCO2. The first-order chi connectivity index (χ1) is 7.65. The molecule has 86 valence electrons. The highest BCUT2D eigenvalue weighted by Gasteiger charge is 2.27. The van der Waals surface area contributed by atoms with Crippen LogP contribution in [0.3, 0.4) is 0 Å². The number of methoxy groups -OCH3 is 1. The summed E-state index contributed by atoms with van der Waals surface area (Å²) in [4.78, 5) is 11.1. The highest BCUT2D eigenvalue weighted by atomic mass is 16.6. The van der Waals surface area contributed by atoms with E-state index in [9.17, 15) is 4.79 Å². The third kappa shape index (κ3) is 1.48. The second-order valence-electron chi connectivity index (χ2n) is 3.20. The summed E-state index contributed by atoms with van der Waals surface area (Å²) >= 11 is 0. The maximum atomic E-state index is 11.1. The molecule has 0 amide bonds. The van der Waals surface area contributed by atoms with Gasteiger partial charge in [0.2, 0.25) is 0 Å². The lowest BCUT2D eigenvalue weighted by molar-refractivity contribution is 0.0682. The number of nitrogens with two attached hydrogens (primary N) is 1. The lowest BCUT2D eigenvalue weighted by Crippen LogP contribution is -2.19. The third-order valence-electron chi connectivity index (χ3n) is 2.23. The summed E-state index contributed by atoms with van der Waals surface area (Å²) in [7, 11) is 1.36. The van der Waals surface area contributed by atoms with Crippen molar-refractivity contribution in [2.45, 2.75) is 0 Å². The van der Waals surface area contributed by atoms with Crippen LogP contribution < -0.4 is 19.9 Å². The zero-order valence-corrected chi connectivity index (χ0v) is 8.65. The molecular weight excluding hydrogens is 214 g/mol. The maximum Gasteiger partial charge on any atom is 0.343 e. The van der Waals surface area contributed by atoms with E-state index in [4.69, 9.17) is 25.1 Å². The Morgan fingerprint density at radius 2 is 2.19 bits per heavy atom. The van der Waals surface area contributed by atoms with E-state index in [0.29, 0.717) is 19.0 Å². The number of carboxylic acids is 1. The molecule has 0 spiro atoms. The quantitative estimate of drug-likeness (QED) is 0.721. The fourth-order valence-electron chi connectivity index (χ4n) is 1.60. The molecule has 0 fully saturated rings. The lowest BCUT2D eigenvalue weighted by Gasteiger charge is -2.22. The molecule has 1 aliphatic heterocycles. The van der Waals surface area contributed by atoms with Crippen LogP contribution in [0.2, 0.25) is 0 Å². The predicted molar refractivity (Wildman–Crippen MR) is 55.4 cm³/mol. The van der Waals surface area contributed by atoms with Gasteiger partial charge in [-0.15, -0.1) is 0 Å². The molecule has 6 heteroatoms. The zero-order valence-electron chi connectivity index (χ0n) is 8.65. The Morgan fingerprint density at radius 3 is 2.81 bits per heavy atom. The van der Waals surface area contributed by atoms with E-state index in [1.807, 2.05) is 0 Å². The molecule has 0 unspecified atom stereocenters. The molecule has 16 heavy (non-hydrogen) atoms. The molecule has 0 atom stereocenters. The average Bonchev–Trinajstić information content (AvgIpc) is 2.26. The van der Waals surface area contributed by atoms with Crippen molar-refractivity contribution in [1.29, 1.82) is 0 Å². The molecule has 1 heterocycles. The van der Waals surface area contributed by atoms with Crippen LogP contribution in [-0.2, 0) is 0 Å². The molecular formula is C10H11NO5. The van der Waals surface area contributed by atoms with Crippen molar-refractivity contribution >= 4 is 11.7 Å². The molecule has 0 aliphatic carbocycles. The summed E-state index contributed by atoms with van der Waals surface area (Å²) in [5, 5.41) is 9.11. The van der Waals surface area contributed by atoms with Gasteiger partial charge in [0.25, 0.3) is 0 Å². The van der Waals surface area contributed by atoms with Gasteiger partial charge in [0, 0.05) is 6.07 Å². The van der Waals surface area contributed by atoms with Gasteiger partial charge in [0.15, 0.2) is 17.2 Å². The van der Waals surface area contributed by atoms with Gasteiger partial charge in [-0.05, 0) is 0 Å². The fourth-order valence-corrected chi connectivity index (χ4v) is 1.60. The standard InChI is InChI=1S/C10H11NO5/c1-14-8-5(11)4-6-9(7(8)10(12)13)16-3-2-15-6/h4H,2-3,11H2,1H3,(H,12,13). The summed E-state index contributed by atoms with van der Waals surface area (Å²) in [6, 6.07) is 1.50. The Kier molecular flexibility index (Phi) is 2.47. The van der Waals surface area contributed by atoms with Crippen molar-refractivity contribution in [3.63, 3.8) is 0 Å². The van der Waals surface area contributed by atoms with E-state index in [1.165, 1.54) is 13.2 Å². The van der Waals surface area contributed by atoms with Gasteiger partial charge in [-0.25, -0.2) is 4.79 Å². The van der Waals surface area contributed by atoms with Gasteiger partial charge < -0.3 is 25.1 Å². The van der Waals surface area contributed by atoms with Gasteiger partial charge in [-0.1, -0.05) is 0 Å². The number of carbonyl (C=O) groups is 1. The Bertz CT molecular complexity index is 443. The number of carboxylic acid groups (broad SMARTS) is 1. The van der Waals surface area contributed by atoms with E-state index in [1.54, 1.807) is 0 Å². The molecule has 0 saturated carbocycles. The Balaban J connectivity index is 2.68. The minimum atomic E-state index is -1.16. The Labute approximate surface area is 91.5 Å². The van der Waals surface area contributed by atoms with Crippen molar-refractivity contribution < 1.29 is 24.1 Å². The van der Waals surface area contributed by atoms with Crippen LogP contribution in [-0.4, -0.2) is 31.4 Å². The van der Waals surface area contributed by atoms with Crippen molar-refractivity contribution in [3.05, 3.63) is 11.6 Å². The summed E-state index contributed by atoms with van der Waals surface area (Å²) in [6.45, 7) is 0.679. The van der Waals surface area contributed by atoms with Crippen LogP contribution in [0.5, 0.6) is 17.2 Å². The van der Waals surface area contributed by atoms with Gasteiger partial charge in [0.05, 0.1) is 12.8 Å². The summed E-state index contributed by atoms with van der Waals surface area (Å²) in [5.41, 5.74) is 5.78. The molecule has 6 nitrogen and oxygen atoms in total. The molecule has 0 aromatic heterocycles. The molecule has 2 rings (SSSR count). The van der Waals surface area contributed by atoms with E-state index in [0.717, 1.165) is 0 Å². The van der Waals surface area contributed by atoms with Crippen molar-refractivity contribution in [2.75, 3.05) is 26.1 Å². The molecule has 3 N–H and O–H groups in total. The van der Waals surface area contributed by atoms with Crippen LogP contribution in [0.1, 0.15) is 10.4 Å². The number of anilines is 1. The normalized spacial score (nSPS) is 13.3. The minimum Gasteiger partial charge on any atom is -0.494 e. The third-order valence-corrected chi connectivity index (χ3v) is 2.23. The number of ether oxygens (including phenoxy) is 3. The number of benzene rings is 1. The first kappa shape index (κ1) is 10.4. The number of nitrogen functional groups attached to an aromatic ring is 1. The van der Waals surface area contributed by atoms with E-state index >= 15 is 0 Å². The van der Waals surface area contributed by atoms with Crippen LogP contribution in [0.25, 0.3) is 0 Å². The maximum absolute atomic E-state index is 11.1. The summed E-state index contributed by atoms with van der Waals surface area (Å²) in [6.07, 6.45) is 0. The highest BCUT2D eigenvalue weighted by molar-refractivity contribution is 5.98. The first-order valence-corrected chi connectivity index (χ1v) is 4.64. The molecule has 1 aromatic rings. The monoisotopic (exact) mass is 225 g/mol. The number of hydrogen-bond donors (Lipinski definition) is 2. The first-order valence-electron chi connectivity index (χ1n) is 4.64. The van der Waals surface area contributed by atoms with Crippen molar-refractivity contribution in [2.24, 2.45) is 0 Å². The van der Waals surface area contributed by atoms with Gasteiger partial charge in [-0.2, -0.15) is 0 Å². The molecule has 0 radical (unpaired) electrons. The number of fused-ring (bicyclic) bond motifs is 1. The Hall–Kier alpha value is -2.11. The van der Waals surface area contributed by atoms with E-state index in [2.05, 4.69) is 0 Å². The molecule has 0 saturated heterocycles. The van der Waals surface area contributed by atoms with Gasteiger partial charge in [-0.3, -0.25) is 0 Å². The van der Waals surface area contributed by atoms with E-state index < -0.39 is 5.97 Å². The van der Waals surface area contributed by atoms with Gasteiger partial charge >= 0.3 is 5.97 Å². The van der Waals surface area contributed by atoms with Crippen LogP contribution >= 0.6 is 0 Å². The smallest absolute Gasteiger partial charge is 0.343 e. The lowest BCUT2D eigenvalue weighted by atomic mass is 10.1. The topological polar surface area (TPSA) is 91.0 Å². The molecule has 1 aromatic carbocycles. The number of aromatic carboxylic acids is 1. The van der Waals surface area contributed by atoms with Gasteiger partial charge in [0.1, 0.15) is 18.8 Å². The number of hydrogen-bond acceptors (Lipinski definition) is 5. The highest BCUT2D eigenvalue weighted by Crippen LogP contribution is 2.43. The van der Waals surface area contributed by atoms with Crippen LogP contribution in [0, 0.1) is 0 Å². The Morgan fingerprint density at radius 1 is 1.50 bits per heavy atom. The summed E-state index contributed by atoms with van der Waals surface area (Å²) in [5.74, 6) is -0.561. The summed E-state index contributed by atoms with van der Waals surface area (Å²) < 4.78 is 15.5. The van der Waals surface area contributed by atoms with Crippen molar-refractivity contribution in [1.82, 2.24) is 0 Å². The average molecular weight is 225 g/mol. The number of rotatable bonds is 2. The second-order valence-corrected chi connectivity index (χ2v) is 3.20.